The van der Waals surface area contributed by atoms with E-state index in [0.717, 1.165) is 17.7 Å². The fourth-order valence-electron chi connectivity index (χ4n) is 1.70. The number of rotatable bonds is 6. The van der Waals surface area contributed by atoms with Crippen LogP contribution in [0, 0.1) is 0 Å². The van der Waals surface area contributed by atoms with Gasteiger partial charge in [0.2, 0.25) is 0 Å². The van der Waals surface area contributed by atoms with E-state index in [2.05, 4.69) is 10.4 Å². The summed E-state index contributed by atoms with van der Waals surface area (Å²) in [6, 6.07) is 11.2. The van der Waals surface area contributed by atoms with Crippen LogP contribution in [-0.4, -0.2) is 17.6 Å². The highest BCUT2D eigenvalue weighted by Gasteiger charge is 2.08. The zero-order valence-corrected chi connectivity index (χ0v) is 11.2. The van der Waals surface area contributed by atoms with Crippen molar-refractivity contribution in [3.63, 3.8) is 0 Å². The lowest BCUT2D eigenvalue weighted by molar-refractivity contribution is 0.264. The molecule has 1 atom stereocenters. The van der Waals surface area contributed by atoms with Crippen LogP contribution in [0.15, 0.2) is 48.8 Å². The quantitative estimate of drug-likeness (QED) is 0.628. The van der Waals surface area contributed by atoms with E-state index in [1.165, 1.54) is 0 Å². The van der Waals surface area contributed by atoms with E-state index in [1.54, 1.807) is 18.3 Å². The Hall–Kier alpha value is -1.62. The van der Waals surface area contributed by atoms with E-state index in [-0.39, 0.29) is 6.04 Å². The number of nitrogens with zero attached hydrogens (tertiary/aromatic N) is 1. The van der Waals surface area contributed by atoms with Crippen LogP contribution in [0.1, 0.15) is 5.56 Å². The molecule has 4 nitrogen and oxygen atoms in total. The van der Waals surface area contributed by atoms with Crippen molar-refractivity contribution in [2.45, 2.75) is 12.5 Å². The first-order valence-corrected chi connectivity index (χ1v) is 6.39. The minimum atomic E-state index is 0.0277. The van der Waals surface area contributed by atoms with Crippen LogP contribution in [0.4, 0.5) is 0 Å². The summed E-state index contributed by atoms with van der Waals surface area (Å²) in [5.41, 5.74) is 3.87. The SMILES string of the molecule is NNC(COc1ccc(Cl)cc1)Cc1cccnc1. The fourth-order valence-corrected chi connectivity index (χ4v) is 1.82. The van der Waals surface area contributed by atoms with E-state index < -0.39 is 0 Å². The number of aromatic nitrogens is 1. The van der Waals surface area contributed by atoms with Crippen molar-refractivity contribution < 1.29 is 4.74 Å². The molecule has 0 aliphatic carbocycles. The summed E-state index contributed by atoms with van der Waals surface area (Å²) in [5, 5.41) is 0.691. The van der Waals surface area contributed by atoms with Crippen molar-refractivity contribution in [1.82, 2.24) is 10.4 Å². The normalized spacial score (nSPS) is 12.1. The third-order valence-electron chi connectivity index (χ3n) is 2.71. The second-order valence-corrected chi connectivity index (χ2v) is 4.63. The maximum absolute atomic E-state index is 5.81. The second-order valence-electron chi connectivity index (χ2n) is 4.19. The first-order chi connectivity index (χ1) is 9.28. The van der Waals surface area contributed by atoms with Gasteiger partial charge in [-0.1, -0.05) is 17.7 Å². The van der Waals surface area contributed by atoms with Crippen molar-refractivity contribution in [2.24, 2.45) is 5.84 Å². The maximum Gasteiger partial charge on any atom is 0.119 e. The standard InChI is InChI=1S/C14H16ClN3O/c15-12-3-5-14(6-4-12)19-10-13(18-16)8-11-2-1-7-17-9-11/h1-7,9,13,18H,8,10,16H2. The van der Waals surface area contributed by atoms with Crippen molar-refractivity contribution in [3.05, 3.63) is 59.4 Å². The Balaban J connectivity index is 1.87. The summed E-state index contributed by atoms with van der Waals surface area (Å²) in [6.45, 7) is 0.479. The van der Waals surface area contributed by atoms with Gasteiger partial charge >= 0.3 is 0 Å². The molecule has 0 saturated heterocycles. The van der Waals surface area contributed by atoms with Crippen molar-refractivity contribution in [3.8, 4) is 5.75 Å². The fraction of sp³-hybridized carbons (Fsp3) is 0.214. The number of nitrogens with two attached hydrogens (primary N) is 1. The smallest absolute Gasteiger partial charge is 0.119 e. The Kier molecular flexibility index (Phi) is 5.15. The van der Waals surface area contributed by atoms with Crippen LogP contribution in [0.5, 0.6) is 5.75 Å². The van der Waals surface area contributed by atoms with Gasteiger partial charge in [-0.15, -0.1) is 0 Å². The molecule has 0 amide bonds. The molecule has 0 spiro atoms. The third-order valence-corrected chi connectivity index (χ3v) is 2.96. The molecule has 1 aromatic heterocycles. The number of benzene rings is 1. The van der Waals surface area contributed by atoms with Crippen LogP contribution in [0.2, 0.25) is 5.02 Å². The van der Waals surface area contributed by atoms with E-state index in [1.807, 2.05) is 30.5 Å². The molecule has 0 aliphatic rings. The Labute approximate surface area is 117 Å². The van der Waals surface area contributed by atoms with Gasteiger partial charge < -0.3 is 4.74 Å². The molecule has 0 bridgehead atoms. The minimum absolute atomic E-state index is 0.0277. The summed E-state index contributed by atoms with van der Waals surface area (Å²) in [5.74, 6) is 6.31. The first-order valence-electron chi connectivity index (χ1n) is 6.01. The Bertz CT molecular complexity index is 490. The predicted molar refractivity (Wildman–Crippen MR) is 76.0 cm³/mol. The van der Waals surface area contributed by atoms with Crippen LogP contribution < -0.4 is 16.0 Å². The van der Waals surface area contributed by atoms with E-state index >= 15 is 0 Å². The third kappa shape index (κ3) is 4.52. The van der Waals surface area contributed by atoms with Crippen LogP contribution in [-0.2, 0) is 6.42 Å². The van der Waals surface area contributed by atoms with Gasteiger partial charge in [0.15, 0.2) is 0 Å². The summed E-state index contributed by atoms with van der Waals surface area (Å²) in [4.78, 5) is 4.08. The molecule has 3 N–H and O–H groups in total. The monoisotopic (exact) mass is 277 g/mol. The number of pyridine rings is 1. The zero-order valence-electron chi connectivity index (χ0n) is 10.4. The van der Waals surface area contributed by atoms with Gasteiger partial charge in [-0.3, -0.25) is 16.3 Å². The molecule has 0 saturated carbocycles. The average molecular weight is 278 g/mol. The van der Waals surface area contributed by atoms with Gasteiger partial charge in [0.25, 0.3) is 0 Å². The molecule has 0 aliphatic heterocycles. The molecule has 0 fully saturated rings. The Morgan fingerprint density at radius 1 is 1.26 bits per heavy atom. The van der Waals surface area contributed by atoms with Crippen LogP contribution >= 0.6 is 11.6 Å². The van der Waals surface area contributed by atoms with Crippen LogP contribution in [0.3, 0.4) is 0 Å². The summed E-state index contributed by atoms with van der Waals surface area (Å²) >= 11 is 5.81. The Morgan fingerprint density at radius 3 is 2.68 bits per heavy atom. The second kappa shape index (κ2) is 7.09. The molecule has 2 rings (SSSR count). The highest BCUT2D eigenvalue weighted by atomic mass is 35.5. The molecule has 19 heavy (non-hydrogen) atoms. The molecule has 2 aromatic rings. The largest absolute Gasteiger partial charge is 0.492 e. The van der Waals surface area contributed by atoms with Gasteiger partial charge in [0.05, 0.1) is 6.04 Å². The molecule has 5 heteroatoms. The van der Waals surface area contributed by atoms with Gasteiger partial charge in [0.1, 0.15) is 12.4 Å². The van der Waals surface area contributed by atoms with E-state index in [9.17, 15) is 0 Å². The number of halogens is 1. The minimum Gasteiger partial charge on any atom is -0.492 e. The van der Waals surface area contributed by atoms with Crippen molar-refractivity contribution >= 4 is 11.6 Å². The van der Waals surface area contributed by atoms with Gasteiger partial charge in [-0.25, -0.2) is 0 Å². The lowest BCUT2D eigenvalue weighted by atomic mass is 10.1. The molecule has 1 aromatic carbocycles. The van der Waals surface area contributed by atoms with Gasteiger partial charge in [-0.05, 0) is 42.3 Å². The molecule has 100 valence electrons. The molecular formula is C14H16ClN3O. The highest BCUT2D eigenvalue weighted by Crippen LogP contribution is 2.15. The molecule has 0 radical (unpaired) electrons. The lowest BCUT2D eigenvalue weighted by Gasteiger charge is -2.16. The first kappa shape index (κ1) is 13.8. The summed E-state index contributed by atoms with van der Waals surface area (Å²) in [6.07, 6.45) is 4.34. The highest BCUT2D eigenvalue weighted by molar-refractivity contribution is 6.30. The molecule has 1 heterocycles. The maximum atomic E-state index is 5.81. The van der Waals surface area contributed by atoms with Crippen molar-refractivity contribution in [1.29, 1.82) is 0 Å². The zero-order chi connectivity index (χ0) is 13.5. The van der Waals surface area contributed by atoms with Crippen LogP contribution in [0.25, 0.3) is 0 Å². The topological polar surface area (TPSA) is 60.2 Å². The number of nitrogens with one attached hydrogen (secondary N) is 1. The lowest BCUT2D eigenvalue weighted by Crippen LogP contribution is -2.41. The van der Waals surface area contributed by atoms with E-state index in [4.69, 9.17) is 22.2 Å². The van der Waals surface area contributed by atoms with Crippen molar-refractivity contribution in [2.75, 3.05) is 6.61 Å². The molecule has 1 unspecified atom stereocenters. The van der Waals surface area contributed by atoms with Gasteiger partial charge in [-0.2, -0.15) is 0 Å². The summed E-state index contributed by atoms with van der Waals surface area (Å²) < 4.78 is 5.66. The number of hydrogen-bond donors (Lipinski definition) is 2. The number of hydrogen-bond acceptors (Lipinski definition) is 4. The number of hydrazine groups is 1. The summed E-state index contributed by atoms with van der Waals surface area (Å²) in [7, 11) is 0. The molecular weight excluding hydrogens is 262 g/mol. The average Bonchev–Trinajstić information content (AvgIpc) is 2.46. The number of ether oxygens (including phenoxy) is 1. The van der Waals surface area contributed by atoms with E-state index in [0.29, 0.717) is 11.6 Å². The predicted octanol–water partition coefficient (Wildman–Crippen LogP) is 2.19. The van der Waals surface area contributed by atoms with Gasteiger partial charge in [0, 0.05) is 17.4 Å². The Morgan fingerprint density at radius 2 is 2.05 bits per heavy atom.